The number of hydrogen-bond donors (Lipinski definition) is 1. The van der Waals surface area contributed by atoms with Crippen molar-refractivity contribution >= 4 is 38.9 Å². The van der Waals surface area contributed by atoms with E-state index in [9.17, 15) is 5.11 Å². The predicted octanol–water partition coefficient (Wildman–Crippen LogP) is 7.54. The Hall–Kier alpha value is -2.92. The Kier molecular flexibility index (Phi) is 5.73. The van der Waals surface area contributed by atoms with Crippen LogP contribution < -0.4 is 0 Å². The van der Waals surface area contributed by atoms with E-state index in [-0.39, 0.29) is 5.75 Å². The maximum atomic E-state index is 10.2. The van der Waals surface area contributed by atoms with Gasteiger partial charge >= 0.3 is 0 Å². The molecule has 152 valence electrons. The number of aromatic nitrogens is 1. The molecule has 1 atom stereocenters. The third-order valence-corrected chi connectivity index (χ3v) is 5.81. The molecule has 0 fully saturated rings. The number of aromatic hydroxyl groups is 1. The minimum atomic E-state index is 0.238. The average molecular weight is 463 g/mol. The van der Waals surface area contributed by atoms with Crippen molar-refractivity contribution in [2.45, 2.75) is 33.1 Å². The molecule has 1 aromatic heterocycles. The van der Waals surface area contributed by atoms with Crippen molar-refractivity contribution in [2.24, 2.45) is 4.99 Å². The number of phenolic OH excluding ortho intramolecular Hbond substituents is 1. The Morgan fingerprint density at radius 2 is 1.90 bits per heavy atom. The minimum Gasteiger partial charge on any atom is -0.507 e. The van der Waals surface area contributed by atoms with Crippen LogP contribution >= 0.6 is 15.9 Å². The average Bonchev–Trinajstić information content (AvgIpc) is 3.18. The fraction of sp³-hybridized carbons (Fsp3) is 0.200. The summed E-state index contributed by atoms with van der Waals surface area (Å²) in [6.45, 7) is 6.27. The van der Waals surface area contributed by atoms with Crippen LogP contribution in [0, 0.1) is 6.92 Å². The lowest BCUT2D eigenvalue weighted by Gasteiger charge is -2.07. The number of oxazole rings is 1. The summed E-state index contributed by atoms with van der Waals surface area (Å²) in [5.74, 6) is 1.34. The van der Waals surface area contributed by atoms with E-state index in [1.165, 1.54) is 5.56 Å². The van der Waals surface area contributed by atoms with Gasteiger partial charge in [-0.3, -0.25) is 4.99 Å². The zero-order chi connectivity index (χ0) is 21.3. The molecule has 0 unspecified atom stereocenters. The minimum absolute atomic E-state index is 0.238. The van der Waals surface area contributed by atoms with Crippen molar-refractivity contribution in [3.05, 3.63) is 75.8 Å². The van der Waals surface area contributed by atoms with Crippen LogP contribution in [-0.2, 0) is 0 Å². The topological polar surface area (TPSA) is 58.6 Å². The monoisotopic (exact) mass is 462 g/mol. The normalized spacial score (nSPS) is 12.7. The van der Waals surface area contributed by atoms with Crippen molar-refractivity contribution in [1.82, 2.24) is 4.98 Å². The summed E-state index contributed by atoms with van der Waals surface area (Å²) in [7, 11) is 0. The molecule has 4 nitrogen and oxygen atoms in total. The first-order chi connectivity index (χ1) is 14.4. The highest BCUT2D eigenvalue weighted by Crippen LogP contribution is 2.29. The molecule has 1 N–H and O–H groups in total. The second-order valence-electron chi connectivity index (χ2n) is 7.52. The molecule has 0 aliphatic carbocycles. The number of halogens is 1. The molecule has 0 aliphatic rings. The molecule has 0 saturated carbocycles. The SMILES string of the molecule is CC[C@H](C)c1ccc2oc(-c3ccc(N=Cc4cc(Br)cc(C)c4O)cc3)nc2c1. The van der Waals surface area contributed by atoms with Gasteiger partial charge in [0.15, 0.2) is 5.58 Å². The number of aryl methyl sites for hydroxylation is 1. The third-order valence-electron chi connectivity index (χ3n) is 5.35. The lowest BCUT2D eigenvalue weighted by atomic mass is 9.98. The Bertz CT molecular complexity index is 1230. The maximum absolute atomic E-state index is 10.2. The number of hydrogen-bond acceptors (Lipinski definition) is 4. The summed E-state index contributed by atoms with van der Waals surface area (Å²) in [6.07, 6.45) is 2.76. The van der Waals surface area contributed by atoms with Crippen molar-refractivity contribution < 1.29 is 9.52 Å². The maximum Gasteiger partial charge on any atom is 0.227 e. The van der Waals surface area contributed by atoms with Gasteiger partial charge in [0.05, 0.1) is 5.69 Å². The number of phenols is 1. The molecule has 0 radical (unpaired) electrons. The molecular formula is C25H23BrN2O2. The molecule has 0 aliphatic heterocycles. The van der Waals surface area contributed by atoms with Gasteiger partial charge in [0.1, 0.15) is 11.3 Å². The Morgan fingerprint density at radius 3 is 2.63 bits per heavy atom. The second kappa shape index (κ2) is 8.44. The third kappa shape index (κ3) is 4.17. The lowest BCUT2D eigenvalue weighted by molar-refractivity contribution is 0.470. The second-order valence-corrected chi connectivity index (χ2v) is 8.44. The number of nitrogens with zero attached hydrogens (tertiary/aromatic N) is 2. The molecular weight excluding hydrogens is 440 g/mol. The van der Waals surface area contributed by atoms with E-state index in [1.54, 1.807) is 6.21 Å². The van der Waals surface area contributed by atoms with E-state index in [0.29, 0.717) is 17.4 Å². The van der Waals surface area contributed by atoms with Crippen molar-refractivity contribution in [3.8, 4) is 17.2 Å². The van der Waals surface area contributed by atoms with Crippen molar-refractivity contribution in [2.75, 3.05) is 0 Å². The van der Waals surface area contributed by atoms with E-state index in [4.69, 9.17) is 4.42 Å². The Labute approximate surface area is 184 Å². The molecule has 0 amide bonds. The van der Waals surface area contributed by atoms with E-state index in [0.717, 1.165) is 38.8 Å². The number of aliphatic imine (C=N–C) groups is 1. The number of rotatable bonds is 5. The predicted molar refractivity (Wildman–Crippen MR) is 126 cm³/mol. The zero-order valence-corrected chi connectivity index (χ0v) is 18.8. The first-order valence-corrected chi connectivity index (χ1v) is 10.8. The molecule has 4 aromatic rings. The van der Waals surface area contributed by atoms with E-state index >= 15 is 0 Å². The summed E-state index contributed by atoms with van der Waals surface area (Å²) in [4.78, 5) is 9.15. The van der Waals surface area contributed by atoms with Gasteiger partial charge in [-0.1, -0.05) is 35.8 Å². The van der Waals surface area contributed by atoms with Gasteiger partial charge < -0.3 is 9.52 Å². The van der Waals surface area contributed by atoms with Crippen LogP contribution in [0.4, 0.5) is 5.69 Å². The highest BCUT2D eigenvalue weighted by molar-refractivity contribution is 9.10. The summed E-state index contributed by atoms with van der Waals surface area (Å²) in [5, 5.41) is 10.2. The molecule has 1 heterocycles. The van der Waals surface area contributed by atoms with Crippen LogP contribution in [0.15, 0.2) is 68.5 Å². The summed E-state index contributed by atoms with van der Waals surface area (Å²) in [6, 6.07) is 17.6. The quantitative estimate of drug-likeness (QED) is 0.311. The molecule has 0 saturated heterocycles. The molecule has 3 aromatic carbocycles. The molecule has 5 heteroatoms. The first kappa shape index (κ1) is 20.4. The number of benzene rings is 3. The van der Waals surface area contributed by atoms with Gasteiger partial charge in [0.25, 0.3) is 0 Å². The van der Waals surface area contributed by atoms with Gasteiger partial charge in [0.2, 0.25) is 5.89 Å². The van der Waals surface area contributed by atoms with Crippen LogP contribution in [-0.4, -0.2) is 16.3 Å². The fourth-order valence-corrected chi connectivity index (χ4v) is 3.89. The van der Waals surface area contributed by atoms with Gasteiger partial charge in [-0.2, -0.15) is 0 Å². The standard InChI is InChI=1S/C25H23BrN2O2/c1-4-15(2)18-7-10-23-22(13-18)28-25(30-23)17-5-8-21(9-6-17)27-14-19-12-20(26)11-16(3)24(19)29/h5-15,29H,4H2,1-3H3/t15-/m0/s1. The molecule has 30 heavy (non-hydrogen) atoms. The van der Waals surface area contributed by atoms with E-state index in [2.05, 4.69) is 51.9 Å². The summed E-state index contributed by atoms with van der Waals surface area (Å²) >= 11 is 3.45. The zero-order valence-electron chi connectivity index (χ0n) is 17.2. The largest absolute Gasteiger partial charge is 0.507 e. The molecule has 4 rings (SSSR count). The van der Waals surface area contributed by atoms with Crippen LogP contribution in [0.2, 0.25) is 0 Å². The van der Waals surface area contributed by atoms with Crippen molar-refractivity contribution in [3.63, 3.8) is 0 Å². The van der Waals surface area contributed by atoms with Crippen LogP contribution in [0.5, 0.6) is 5.75 Å². The Balaban J connectivity index is 1.58. The van der Waals surface area contributed by atoms with E-state index < -0.39 is 0 Å². The lowest BCUT2D eigenvalue weighted by Crippen LogP contribution is -1.90. The smallest absolute Gasteiger partial charge is 0.227 e. The van der Waals surface area contributed by atoms with Gasteiger partial charge in [-0.05, 0) is 78.9 Å². The van der Waals surface area contributed by atoms with Gasteiger partial charge in [0, 0.05) is 21.8 Å². The van der Waals surface area contributed by atoms with Crippen molar-refractivity contribution in [1.29, 1.82) is 0 Å². The van der Waals surface area contributed by atoms with Crippen LogP contribution in [0.3, 0.4) is 0 Å². The van der Waals surface area contributed by atoms with E-state index in [1.807, 2.05) is 49.4 Å². The number of fused-ring (bicyclic) bond motifs is 1. The Morgan fingerprint density at radius 1 is 1.13 bits per heavy atom. The van der Waals surface area contributed by atoms with Gasteiger partial charge in [-0.15, -0.1) is 0 Å². The van der Waals surface area contributed by atoms with Crippen LogP contribution in [0.1, 0.15) is 42.9 Å². The highest BCUT2D eigenvalue weighted by Gasteiger charge is 2.11. The highest BCUT2D eigenvalue weighted by atomic mass is 79.9. The first-order valence-electron chi connectivity index (χ1n) is 9.98. The summed E-state index contributed by atoms with van der Waals surface area (Å²) < 4.78 is 6.85. The molecule has 0 bridgehead atoms. The van der Waals surface area contributed by atoms with Crippen LogP contribution in [0.25, 0.3) is 22.6 Å². The molecule has 0 spiro atoms. The fourth-order valence-electron chi connectivity index (χ4n) is 3.30. The van der Waals surface area contributed by atoms with Gasteiger partial charge in [-0.25, -0.2) is 4.98 Å². The summed E-state index contributed by atoms with van der Waals surface area (Å²) in [5.41, 5.74) is 6.10.